The molecule has 10 heteroatoms. The number of hydrogen-bond donors (Lipinski definition) is 2. The lowest BCUT2D eigenvalue weighted by molar-refractivity contribution is -0.0612. The highest BCUT2D eigenvalue weighted by Gasteiger charge is 2.36. The van der Waals surface area contributed by atoms with Crippen molar-refractivity contribution < 1.29 is 14.6 Å². The number of nitrogens with zero attached hydrogens (tertiary/aromatic N) is 4. The summed E-state index contributed by atoms with van der Waals surface area (Å²) >= 11 is 0. The summed E-state index contributed by atoms with van der Waals surface area (Å²) in [6.45, 7) is -0.482. The second kappa shape index (κ2) is 6.35. The van der Waals surface area contributed by atoms with E-state index in [0.717, 1.165) is 0 Å². The molecule has 1 saturated heterocycles. The van der Waals surface area contributed by atoms with Crippen LogP contribution in [0.4, 0.5) is 0 Å². The van der Waals surface area contributed by atoms with Gasteiger partial charge in [0, 0.05) is 23.6 Å². The van der Waals surface area contributed by atoms with E-state index >= 15 is 0 Å². The Labute approximate surface area is 112 Å². The van der Waals surface area contributed by atoms with Crippen LogP contribution in [-0.2, 0) is 9.47 Å². The summed E-state index contributed by atoms with van der Waals surface area (Å²) in [5, 5.41) is 12.5. The molecule has 1 aliphatic rings. The number of ether oxygens (including phenoxy) is 2. The summed E-state index contributed by atoms with van der Waals surface area (Å²) in [7, 11) is 0. The molecular weight excluding hydrogens is 270 g/mol. The van der Waals surface area contributed by atoms with Crippen molar-refractivity contribution in [1.82, 2.24) is 9.55 Å². The number of aromatic nitrogens is 2. The van der Waals surface area contributed by atoms with E-state index in [2.05, 4.69) is 15.0 Å². The van der Waals surface area contributed by atoms with Crippen LogP contribution in [0.1, 0.15) is 12.6 Å². The van der Waals surface area contributed by atoms with Crippen LogP contribution in [0, 0.1) is 0 Å². The van der Waals surface area contributed by atoms with E-state index in [9.17, 15) is 14.7 Å². The predicted molar refractivity (Wildman–Crippen MR) is 65.8 cm³/mol. The Balaban J connectivity index is 2.13. The summed E-state index contributed by atoms with van der Waals surface area (Å²) in [5.74, 6) is 0. The fourth-order valence-corrected chi connectivity index (χ4v) is 2.02. The number of azide groups is 1. The molecule has 2 rings (SSSR count). The molecule has 20 heavy (non-hydrogen) atoms. The van der Waals surface area contributed by atoms with Gasteiger partial charge in [-0.1, -0.05) is 5.11 Å². The van der Waals surface area contributed by atoms with Crippen molar-refractivity contribution in [1.29, 1.82) is 0 Å². The minimum Gasteiger partial charge on any atom is -0.394 e. The van der Waals surface area contributed by atoms with Crippen LogP contribution < -0.4 is 11.2 Å². The maximum absolute atomic E-state index is 11.6. The number of nitrogens with one attached hydrogen (secondary N) is 1. The molecule has 108 valence electrons. The van der Waals surface area contributed by atoms with Gasteiger partial charge in [0.25, 0.3) is 5.56 Å². The standard InChI is InChI=1S/C10H13N5O5/c11-14-12-5-19-6-3-9(20-7(6)4-16)15-2-1-8(17)13-10(15)18/h1-2,6-7,9,16H,3-5H2,(H,13,17,18)/t6-,7+,9+/m0/s1. The van der Waals surface area contributed by atoms with E-state index in [1.807, 2.05) is 0 Å². The highest BCUT2D eigenvalue weighted by Crippen LogP contribution is 2.29. The van der Waals surface area contributed by atoms with Crippen LogP contribution >= 0.6 is 0 Å². The Hall–Kier alpha value is -2.13. The molecule has 2 heterocycles. The Morgan fingerprint density at radius 1 is 1.65 bits per heavy atom. The molecule has 1 fully saturated rings. The Kier molecular flexibility index (Phi) is 4.53. The van der Waals surface area contributed by atoms with Crippen molar-refractivity contribution in [2.45, 2.75) is 24.9 Å². The van der Waals surface area contributed by atoms with Crippen LogP contribution in [0.25, 0.3) is 10.4 Å². The summed E-state index contributed by atoms with van der Waals surface area (Å²) < 4.78 is 12.0. The number of hydrogen-bond acceptors (Lipinski definition) is 6. The molecule has 0 saturated carbocycles. The van der Waals surface area contributed by atoms with E-state index < -0.39 is 29.7 Å². The molecule has 3 atom stereocenters. The smallest absolute Gasteiger partial charge is 0.330 e. The third kappa shape index (κ3) is 3.06. The van der Waals surface area contributed by atoms with Crippen LogP contribution in [0.15, 0.2) is 27.0 Å². The molecule has 10 nitrogen and oxygen atoms in total. The Morgan fingerprint density at radius 2 is 2.45 bits per heavy atom. The van der Waals surface area contributed by atoms with Gasteiger partial charge in [-0.05, 0) is 5.53 Å². The summed E-state index contributed by atoms with van der Waals surface area (Å²) in [6, 6.07) is 1.20. The molecule has 0 aliphatic carbocycles. The Bertz CT molecular complexity index is 619. The number of aliphatic hydroxyl groups excluding tert-OH is 1. The van der Waals surface area contributed by atoms with Crippen molar-refractivity contribution in [2.24, 2.45) is 5.11 Å². The molecule has 0 amide bonds. The summed E-state index contributed by atoms with van der Waals surface area (Å²) in [4.78, 5) is 27.3. The zero-order valence-corrected chi connectivity index (χ0v) is 10.4. The van der Waals surface area contributed by atoms with Gasteiger partial charge in [-0.3, -0.25) is 14.3 Å². The zero-order valence-electron chi connectivity index (χ0n) is 10.4. The first-order valence-electron chi connectivity index (χ1n) is 5.86. The van der Waals surface area contributed by atoms with Gasteiger partial charge in [-0.2, -0.15) is 0 Å². The fourth-order valence-electron chi connectivity index (χ4n) is 2.02. The highest BCUT2D eigenvalue weighted by atomic mass is 16.6. The van der Waals surface area contributed by atoms with Gasteiger partial charge in [0.2, 0.25) is 0 Å². The number of rotatable bonds is 5. The molecule has 1 aromatic rings. The van der Waals surface area contributed by atoms with Gasteiger partial charge in [0.15, 0.2) is 0 Å². The molecular formula is C10H13N5O5. The van der Waals surface area contributed by atoms with Crippen LogP contribution in [0.5, 0.6) is 0 Å². The second-order valence-electron chi connectivity index (χ2n) is 4.13. The van der Waals surface area contributed by atoms with Gasteiger partial charge in [0.1, 0.15) is 19.1 Å². The van der Waals surface area contributed by atoms with E-state index in [-0.39, 0.29) is 19.8 Å². The van der Waals surface area contributed by atoms with E-state index in [1.165, 1.54) is 16.8 Å². The first-order valence-corrected chi connectivity index (χ1v) is 5.86. The van der Waals surface area contributed by atoms with Crippen molar-refractivity contribution >= 4 is 0 Å². The number of aromatic amines is 1. The lowest BCUT2D eigenvalue weighted by Crippen LogP contribution is -2.31. The molecule has 0 radical (unpaired) electrons. The van der Waals surface area contributed by atoms with Crippen LogP contribution in [-0.4, -0.2) is 40.2 Å². The molecule has 1 aliphatic heterocycles. The quantitative estimate of drug-likeness (QED) is 0.424. The molecule has 0 bridgehead atoms. The van der Waals surface area contributed by atoms with Crippen LogP contribution in [0.2, 0.25) is 0 Å². The summed E-state index contributed by atoms with van der Waals surface area (Å²) in [5.41, 5.74) is 7.07. The lowest BCUT2D eigenvalue weighted by Gasteiger charge is -2.15. The first kappa shape index (κ1) is 14.3. The minimum atomic E-state index is -0.660. The number of aliphatic hydroxyl groups is 1. The fraction of sp³-hybridized carbons (Fsp3) is 0.600. The molecule has 0 unspecified atom stereocenters. The highest BCUT2D eigenvalue weighted by molar-refractivity contribution is 4.88. The second-order valence-corrected chi connectivity index (χ2v) is 4.13. The lowest BCUT2D eigenvalue weighted by atomic mass is 10.2. The molecule has 0 spiro atoms. The van der Waals surface area contributed by atoms with E-state index in [4.69, 9.17) is 15.0 Å². The average Bonchev–Trinajstić information content (AvgIpc) is 2.82. The van der Waals surface area contributed by atoms with Gasteiger partial charge in [-0.25, -0.2) is 4.79 Å². The third-order valence-corrected chi connectivity index (χ3v) is 2.93. The van der Waals surface area contributed by atoms with Crippen molar-refractivity contribution in [2.75, 3.05) is 13.3 Å². The topological polar surface area (TPSA) is 142 Å². The first-order chi connectivity index (χ1) is 9.65. The molecule has 1 aromatic heterocycles. The van der Waals surface area contributed by atoms with Gasteiger partial charge in [0.05, 0.1) is 12.7 Å². The number of H-pyrrole nitrogens is 1. The zero-order chi connectivity index (χ0) is 14.5. The van der Waals surface area contributed by atoms with Gasteiger partial charge < -0.3 is 14.6 Å². The Morgan fingerprint density at radius 3 is 3.10 bits per heavy atom. The van der Waals surface area contributed by atoms with Crippen molar-refractivity contribution in [3.63, 3.8) is 0 Å². The maximum atomic E-state index is 11.6. The monoisotopic (exact) mass is 283 g/mol. The maximum Gasteiger partial charge on any atom is 0.330 e. The average molecular weight is 283 g/mol. The van der Waals surface area contributed by atoms with Crippen molar-refractivity contribution in [3.8, 4) is 0 Å². The third-order valence-electron chi connectivity index (χ3n) is 2.93. The van der Waals surface area contributed by atoms with Gasteiger partial charge >= 0.3 is 5.69 Å². The minimum absolute atomic E-state index is 0.186. The normalized spacial score (nSPS) is 25.4. The largest absolute Gasteiger partial charge is 0.394 e. The van der Waals surface area contributed by atoms with Gasteiger partial charge in [-0.15, -0.1) is 0 Å². The van der Waals surface area contributed by atoms with Crippen LogP contribution in [0.3, 0.4) is 0 Å². The van der Waals surface area contributed by atoms with Crippen molar-refractivity contribution in [3.05, 3.63) is 43.5 Å². The summed E-state index contributed by atoms with van der Waals surface area (Å²) in [6.07, 6.45) is -0.191. The van der Waals surface area contributed by atoms with E-state index in [1.54, 1.807) is 0 Å². The molecule has 2 N–H and O–H groups in total. The molecule has 0 aromatic carbocycles. The van der Waals surface area contributed by atoms with E-state index in [0.29, 0.717) is 0 Å². The predicted octanol–water partition coefficient (Wildman–Crippen LogP) is -0.531. The SMILES string of the molecule is [N-]=[N+]=NCO[C@H]1C[C@H](n2ccc(=O)[nH]c2=O)O[C@@H]1CO.